The highest BCUT2D eigenvalue weighted by molar-refractivity contribution is 6.17. The molecule has 1 aromatic carbocycles. The van der Waals surface area contributed by atoms with Gasteiger partial charge in [-0.15, -0.1) is 11.6 Å². The Bertz CT molecular complexity index is 337. The van der Waals surface area contributed by atoms with E-state index in [-0.39, 0.29) is 0 Å². The Hall–Kier alpha value is -0.750. The van der Waals surface area contributed by atoms with Gasteiger partial charge in [0.25, 0.3) is 0 Å². The van der Waals surface area contributed by atoms with Gasteiger partial charge in [-0.3, -0.25) is 0 Å². The Balaban J connectivity index is 2.23. The van der Waals surface area contributed by atoms with Gasteiger partial charge < -0.3 is 0 Å². The van der Waals surface area contributed by atoms with Crippen molar-refractivity contribution in [3.63, 3.8) is 0 Å². The van der Waals surface area contributed by atoms with E-state index in [0.29, 0.717) is 5.88 Å². The lowest BCUT2D eigenvalue weighted by Crippen LogP contribution is -1.90. The third-order valence-electron chi connectivity index (χ3n) is 2.69. The fourth-order valence-corrected chi connectivity index (χ4v) is 1.91. The first kappa shape index (κ1) is 9.79. The van der Waals surface area contributed by atoms with Crippen LogP contribution in [0, 0.1) is 5.92 Å². The van der Waals surface area contributed by atoms with E-state index in [0.717, 1.165) is 5.92 Å². The van der Waals surface area contributed by atoms with Crippen LogP contribution in [0.4, 0.5) is 0 Å². The summed E-state index contributed by atoms with van der Waals surface area (Å²) in [6.07, 6.45) is 5.90. The van der Waals surface area contributed by atoms with Crippen LogP contribution in [0.25, 0.3) is 6.08 Å². The molecule has 74 valence electrons. The molecule has 0 unspecified atom stereocenters. The van der Waals surface area contributed by atoms with Gasteiger partial charge in [0, 0.05) is 5.88 Å². The van der Waals surface area contributed by atoms with Gasteiger partial charge in [-0.2, -0.15) is 0 Å². The quantitative estimate of drug-likeness (QED) is 0.653. The van der Waals surface area contributed by atoms with Crippen molar-refractivity contribution in [1.29, 1.82) is 0 Å². The van der Waals surface area contributed by atoms with E-state index in [1.165, 1.54) is 36.0 Å². The van der Waals surface area contributed by atoms with E-state index in [2.05, 4.69) is 24.8 Å². The molecule has 0 amide bonds. The van der Waals surface area contributed by atoms with Crippen molar-refractivity contribution < 1.29 is 0 Å². The lowest BCUT2D eigenvalue weighted by molar-refractivity contribution is 0.831. The first-order valence-electron chi connectivity index (χ1n) is 5.13. The molecule has 1 saturated carbocycles. The molecule has 0 saturated heterocycles. The van der Waals surface area contributed by atoms with Gasteiger partial charge in [0.1, 0.15) is 0 Å². The second-order valence-corrected chi connectivity index (χ2v) is 4.34. The van der Waals surface area contributed by atoms with E-state index in [9.17, 15) is 0 Å². The molecule has 1 aliphatic rings. The number of alkyl halides is 1. The van der Waals surface area contributed by atoms with Gasteiger partial charge in [0.2, 0.25) is 0 Å². The van der Waals surface area contributed by atoms with Crippen molar-refractivity contribution in [2.24, 2.45) is 5.92 Å². The summed E-state index contributed by atoms with van der Waals surface area (Å²) < 4.78 is 0. The van der Waals surface area contributed by atoms with E-state index in [1.807, 2.05) is 6.08 Å². The van der Waals surface area contributed by atoms with Crippen LogP contribution in [-0.2, 0) is 12.3 Å². The number of rotatable bonds is 4. The van der Waals surface area contributed by atoms with Crippen molar-refractivity contribution in [3.8, 4) is 0 Å². The summed E-state index contributed by atoms with van der Waals surface area (Å²) in [5.41, 5.74) is 3.82. The summed E-state index contributed by atoms with van der Waals surface area (Å²) in [7, 11) is 0. The van der Waals surface area contributed by atoms with E-state index >= 15 is 0 Å². The summed E-state index contributed by atoms with van der Waals surface area (Å²) >= 11 is 5.85. The van der Waals surface area contributed by atoms with Gasteiger partial charge >= 0.3 is 0 Å². The van der Waals surface area contributed by atoms with Crippen LogP contribution in [0.3, 0.4) is 0 Å². The van der Waals surface area contributed by atoms with Crippen molar-refractivity contribution in [1.82, 2.24) is 0 Å². The van der Waals surface area contributed by atoms with E-state index in [4.69, 9.17) is 11.6 Å². The molecule has 0 N–H and O–H groups in total. The smallest absolute Gasteiger partial charge is 0.0474 e. The van der Waals surface area contributed by atoms with Gasteiger partial charge in [-0.25, -0.2) is 0 Å². The minimum absolute atomic E-state index is 0.597. The van der Waals surface area contributed by atoms with Crippen molar-refractivity contribution in [2.45, 2.75) is 25.1 Å². The van der Waals surface area contributed by atoms with Crippen LogP contribution in [0.15, 0.2) is 24.8 Å². The lowest BCUT2D eigenvalue weighted by Gasteiger charge is -2.05. The first-order valence-corrected chi connectivity index (χ1v) is 5.66. The Morgan fingerprint density at radius 2 is 2.00 bits per heavy atom. The number of benzene rings is 1. The van der Waals surface area contributed by atoms with Gasteiger partial charge in [-0.05, 0) is 41.9 Å². The highest BCUT2D eigenvalue weighted by Crippen LogP contribution is 2.33. The van der Waals surface area contributed by atoms with Gasteiger partial charge in [0.15, 0.2) is 0 Å². The largest absolute Gasteiger partial charge is 0.122 e. The Morgan fingerprint density at radius 3 is 2.57 bits per heavy atom. The zero-order chi connectivity index (χ0) is 9.97. The van der Waals surface area contributed by atoms with E-state index in [1.54, 1.807) is 0 Å². The minimum Gasteiger partial charge on any atom is -0.122 e. The molecule has 1 aromatic rings. The number of halogens is 1. The second-order valence-electron chi connectivity index (χ2n) is 4.07. The summed E-state index contributed by atoms with van der Waals surface area (Å²) in [5, 5.41) is 0. The molecular weight excluding hydrogens is 192 g/mol. The van der Waals surface area contributed by atoms with Gasteiger partial charge in [-0.1, -0.05) is 30.9 Å². The topological polar surface area (TPSA) is 0 Å². The van der Waals surface area contributed by atoms with Crippen LogP contribution in [0.2, 0.25) is 0 Å². The predicted molar refractivity (Wildman–Crippen MR) is 62.5 cm³/mol. The predicted octanol–water partition coefficient (Wildman–Crippen LogP) is 4.02. The molecule has 0 spiro atoms. The maximum Gasteiger partial charge on any atom is 0.0474 e. The van der Waals surface area contributed by atoms with E-state index < -0.39 is 0 Å². The standard InChI is InChI=1S/C13H15Cl/c1-2-10-5-12(7-11-3-4-11)8-13(6-10)9-14/h2,5-6,8,11H,1,3-4,7,9H2. The molecule has 0 nitrogen and oxygen atoms in total. The normalized spacial score (nSPS) is 15.5. The summed E-state index contributed by atoms with van der Waals surface area (Å²) in [6.45, 7) is 3.80. The molecule has 2 rings (SSSR count). The molecular formula is C13H15Cl. The Morgan fingerprint density at radius 1 is 1.29 bits per heavy atom. The third kappa shape index (κ3) is 2.39. The lowest BCUT2D eigenvalue weighted by atomic mass is 10.0. The first-order chi connectivity index (χ1) is 6.81. The Labute approximate surface area is 90.6 Å². The average molecular weight is 207 g/mol. The number of hydrogen-bond acceptors (Lipinski definition) is 0. The SMILES string of the molecule is C=Cc1cc(CCl)cc(CC2CC2)c1. The van der Waals surface area contributed by atoms with Crippen LogP contribution in [0.1, 0.15) is 29.5 Å². The molecule has 1 aliphatic carbocycles. The molecule has 0 aliphatic heterocycles. The van der Waals surface area contributed by atoms with Crippen molar-refractivity contribution in [3.05, 3.63) is 41.5 Å². The minimum atomic E-state index is 0.597. The molecule has 1 fully saturated rings. The van der Waals surface area contributed by atoms with Crippen molar-refractivity contribution in [2.75, 3.05) is 0 Å². The third-order valence-corrected chi connectivity index (χ3v) is 2.99. The Kier molecular flexibility index (Phi) is 2.93. The molecule has 0 atom stereocenters. The fourth-order valence-electron chi connectivity index (χ4n) is 1.76. The molecule has 0 radical (unpaired) electrons. The average Bonchev–Trinajstić information content (AvgIpc) is 3.01. The van der Waals surface area contributed by atoms with Crippen LogP contribution in [-0.4, -0.2) is 0 Å². The summed E-state index contributed by atoms with van der Waals surface area (Å²) in [5.74, 6) is 1.53. The summed E-state index contributed by atoms with van der Waals surface area (Å²) in [4.78, 5) is 0. The maximum absolute atomic E-state index is 5.85. The zero-order valence-corrected chi connectivity index (χ0v) is 9.06. The molecule has 1 heteroatoms. The maximum atomic E-state index is 5.85. The highest BCUT2D eigenvalue weighted by Gasteiger charge is 2.21. The monoisotopic (exact) mass is 206 g/mol. The second kappa shape index (κ2) is 4.18. The highest BCUT2D eigenvalue weighted by atomic mass is 35.5. The molecule has 14 heavy (non-hydrogen) atoms. The fraction of sp³-hybridized carbons (Fsp3) is 0.385. The van der Waals surface area contributed by atoms with Crippen molar-refractivity contribution >= 4 is 17.7 Å². The molecule has 0 bridgehead atoms. The molecule has 0 aromatic heterocycles. The number of hydrogen-bond donors (Lipinski definition) is 0. The summed E-state index contributed by atoms with van der Waals surface area (Å²) in [6, 6.07) is 6.55. The zero-order valence-electron chi connectivity index (χ0n) is 8.30. The van der Waals surface area contributed by atoms with Crippen LogP contribution in [0.5, 0.6) is 0 Å². The van der Waals surface area contributed by atoms with Gasteiger partial charge in [0.05, 0.1) is 0 Å². The van der Waals surface area contributed by atoms with Crippen LogP contribution < -0.4 is 0 Å². The van der Waals surface area contributed by atoms with Crippen LogP contribution >= 0.6 is 11.6 Å². The molecule has 0 heterocycles.